The second-order valence-corrected chi connectivity index (χ2v) is 6.91. The van der Waals surface area contributed by atoms with E-state index in [1.807, 2.05) is 10.7 Å². The number of aromatic hydroxyl groups is 1. The van der Waals surface area contributed by atoms with Crippen molar-refractivity contribution < 1.29 is 9.84 Å². The molecule has 5 aromatic rings. The minimum atomic E-state index is 0.0513. The molecule has 2 aromatic carbocycles. The molecule has 1 N–H and O–H groups in total. The Kier molecular flexibility index (Phi) is 3.73. The molecule has 0 bridgehead atoms. The molecule has 0 unspecified atom stereocenters. The van der Waals surface area contributed by atoms with Crippen molar-refractivity contribution in [3.8, 4) is 28.6 Å². The second kappa shape index (κ2) is 6.30. The molecule has 0 aliphatic heterocycles. The van der Waals surface area contributed by atoms with E-state index in [4.69, 9.17) is 4.74 Å². The summed E-state index contributed by atoms with van der Waals surface area (Å²) in [5, 5.41) is 20.1. The summed E-state index contributed by atoms with van der Waals surface area (Å²) < 4.78 is 8.54. The van der Waals surface area contributed by atoms with Crippen LogP contribution in [-0.2, 0) is 0 Å². The summed E-state index contributed by atoms with van der Waals surface area (Å²) in [7, 11) is 1.55. The quantitative estimate of drug-likeness (QED) is 0.511. The van der Waals surface area contributed by atoms with Crippen LogP contribution in [0.15, 0.2) is 48.9 Å². The molecule has 0 saturated heterocycles. The second-order valence-electron chi connectivity index (χ2n) is 6.91. The van der Waals surface area contributed by atoms with Gasteiger partial charge >= 0.3 is 0 Å². The molecule has 29 heavy (non-hydrogen) atoms. The summed E-state index contributed by atoms with van der Waals surface area (Å²) in [6.45, 7) is 4.11. The Labute approximate surface area is 166 Å². The van der Waals surface area contributed by atoms with Crippen LogP contribution in [0.3, 0.4) is 0 Å². The van der Waals surface area contributed by atoms with Crippen molar-refractivity contribution >= 4 is 16.7 Å². The lowest BCUT2D eigenvalue weighted by Crippen LogP contribution is -2.01. The van der Waals surface area contributed by atoms with E-state index in [0.717, 1.165) is 16.6 Å². The van der Waals surface area contributed by atoms with Gasteiger partial charge in [-0.2, -0.15) is 5.10 Å². The van der Waals surface area contributed by atoms with Crippen LogP contribution in [0.2, 0.25) is 0 Å². The Balaban J connectivity index is 1.68. The van der Waals surface area contributed by atoms with Crippen molar-refractivity contribution in [1.29, 1.82) is 0 Å². The van der Waals surface area contributed by atoms with Crippen LogP contribution in [-0.4, -0.2) is 41.6 Å². The van der Waals surface area contributed by atoms with E-state index in [9.17, 15) is 5.11 Å². The first-order valence-corrected chi connectivity index (χ1v) is 9.09. The summed E-state index contributed by atoms with van der Waals surface area (Å²) in [6.07, 6.45) is 3.35. The van der Waals surface area contributed by atoms with Gasteiger partial charge in [0.15, 0.2) is 17.1 Å². The molecule has 0 spiro atoms. The van der Waals surface area contributed by atoms with Gasteiger partial charge in [-0.3, -0.25) is 0 Å². The number of methoxy groups -OCH3 is 1. The number of benzene rings is 2. The average molecular weight is 386 g/mol. The van der Waals surface area contributed by atoms with Crippen molar-refractivity contribution in [2.24, 2.45) is 0 Å². The highest BCUT2D eigenvalue weighted by Gasteiger charge is 2.17. The SMILES string of the molecule is COc1ccc(-c2nc3c4cnn(-c5ccc(C)cc5C)c4ncn3n2)c(O)c1. The first-order chi connectivity index (χ1) is 14.0. The fraction of sp³-hybridized carbons (Fsp3) is 0.143. The van der Waals surface area contributed by atoms with Gasteiger partial charge in [-0.1, -0.05) is 17.7 Å². The number of phenolic OH excluding ortho intramolecular Hbond substituents is 1. The van der Waals surface area contributed by atoms with Gasteiger partial charge in [-0.15, -0.1) is 5.10 Å². The highest BCUT2D eigenvalue weighted by atomic mass is 16.5. The first-order valence-electron chi connectivity index (χ1n) is 9.09. The zero-order valence-electron chi connectivity index (χ0n) is 16.2. The Morgan fingerprint density at radius 3 is 2.66 bits per heavy atom. The van der Waals surface area contributed by atoms with Crippen LogP contribution in [0.5, 0.6) is 11.5 Å². The largest absolute Gasteiger partial charge is 0.507 e. The van der Waals surface area contributed by atoms with Crippen molar-refractivity contribution in [1.82, 2.24) is 29.4 Å². The molecule has 8 nitrogen and oxygen atoms in total. The molecule has 3 heterocycles. The van der Waals surface area contributed by atoms with Gasteiger partial charge in [0.1, 0.15) is 17.8 Å². The standard InChI is InChI=1S/C21H18N6O2/c1-12-4-7-17(13(2)8-12)27-20-16(10-23-27)21-24-19(25-26(21)11-22-20)15-6-5-14(29-3)9-18(15)28/h4-11,28H,1-3H3. The molecule has 0 radical (unpaired) electrons. The van der Waals surface area contributed by atoms with Gasteiger partial charge in [0.2, 0.25) is 0 Å². The predicted molar refractivity (Wildman–Crippen MR) is 109 cm³/mol. The highest BCUT2D eigenvalue weighted by Crippen LogP contribution is 2.31. The number of aromatic nitrogens is 6. The molecular formula is C21H18N6O2. The molecule has 0 atom stereocenters. The number of hydrogen-bond donors (Lipinski definition) is 1. The van der Waals surface area contributed by atoms with Crippen LogP contribution >= 0.6 is 0 Å². The fourth-order valence-electron chi connectivity index (χ4n) is 3.48. The number of ether oxygens (including phenoxy) is 1. The van der Waals surface area contributed by atoms with E-state index in [2.05, 4.69) is 46.1 Å². The normalized spacial score (nSPS) is 11.4. The van der Waals surface area contributed by atoms with Crippen molar-refractivity contribution in [3.63, 3.8) is 0 Å². The maximum atomic E-state index is 10.3. The summed E-state index contributed by atoms with van der Waals surface area (Å²) in [4.78, 5) is 9.17. The van der Waals surface area contributed by atoms with Gasteiger partial charge in [0.25, 0.3) is 0 Å². The third-order valence-electron chi connectivity index (χ3n) is 4.93. The van der Waals surface area contributed by atoms with Crippen LogP contribution in [0.25, 0.3) is 33.8 Å². The Morgan fingerprint density at radius 2 is 1.90 bits per heavy atom. The number of nitrogens with zero attached hydrogens (tertiary/aromatic N) is 6. The Bertz CT molecular complexity index is 1390. The van der Waals surface area contributed by atoms with Gasteiger partial charge < -0.3 is 9.84 Å². The molecule has 0 aliphatic rings. The number of fused-ring (bicyclic) bond motifs is 3. The molecule has 0 amide bonds. The number of phenols is 1. The van der Waals surface area contributed by atoms with Crippen molar-refractivity contribution in [2.45, 2.75) is 13.8 Å². The summed E-state index contributed by atoms with van der Waals surface area (Å²) in [5.41, 5.74) is 5.11. The highest BCUT2D eigenvalue weighted by molar-refractivity contribution is 5.90. The zero-order valence-corrected chi connectivity index (χ0v) is 16.2. The fourth-order valence-corrected chi connectivity index (χ4v) is 3.48. The topological polar surface area (TPSA) is 90.4 Å². The monoisotopic (exact) mass is 386 g/mol. The minimum absolute atomic E-state index is 0.0513. The molecular weight excluding hydrogens is 368 g/mol. The summed E-state index contributed by atoms with van der Waals surface area (Å²) in [5.74, 6) is 1.02. The number of aryl methyl sites for hydroxylation is 2. The van der Waals surface area contributed by atoms with Gasteiger partial charge in [-0.05, 0) is 37.6 Å². The molecule has 8 heteroatoms. The van der Waals surface area contributed by atoms with Crippen LogP contribution in [0.1, 0.15) is 11.1 Å². The molecule has 144 valence electrons. The lowest BCUT2D eigenvalue weighted by atomic mass is 10.1. The summed E-state index contributed by atoms with van der Waals surface area (Å²) in [6, 6.07) is 11.2. The minimum Gasteiger partial charge on any atom is -0.507 e. The van der Waals surface area contributed by atoms with Gasteiger partial charge in [0.05, 0.1) is 29.9 Å². The van der Waals surface area contributed by atoms with E-state index in [-0.39, 0.29) is 5.75 Å². The molecule has 0 saturated carbocycles. The number of rotatable bonds is 3. The van der Waals surface area contributed by atoms with E-state index in [1.54, 1.807) is 36.3 Å². The molecule has 0 aliphatic carbocycles. The van der Waals surface area contributed by atoms with Crippen LogP contribution < -0.4 is 4.74 Å². The summed E-state index contributed by atoms with van der Waals surface area (Å²) >= 11 is 0. The first kappa shape index (κ1) is 17.2. The van der Waals surface area contributed by atoms with E-state index >= 15 is 0 Å². The van der Waals surface area contributed by atoms with E-state index in [1.165, 1.54) is 11.6 Å². The maximum Gasteiger partial charge on any atom is 0.185 e. The zero-order chi connectivity index (χ0) is 20.1. The van der Waals surface area contributed by atoms with E-state index in [0.29, 0.717) is 28.4 Å². The van der Waals surface area contributed by atoms with Crippen LogP contribution in [0.4, 0.5) is 0 Å². The molecule has 5 rings (SSSR count). The van der Waals surface area contributed by atoms with E-state index < -0.39 is 0 Å². The lowest BCUT2D eigenvalue weighted by Gasteiger charge is -2.07. The maximum absolute atomic E-state index is 10.3. The van der Waals surface area contributed by atoms with Crippen molar-refractivity contribution in [2.75, 3.05) is 7.11 Å². The van der Waals surface area contributed by atoms with Gasteiger partial charge in [0, 0.05) is 6.07 Å². The third-order valence-corrected chi connectivity index (χ3v) is 4.93. The number of hydrogen-bond acceptors (Lipinski definition) is 6. The Hall–Kier alpha value is -3.94. The molecule has 3 aromatic heterocycles. The van der Waals surface area contributed by atoms with Crippen molar-refractivity contribution in [3.05, 3.63) is 60.0 Å². The lowest BCUT2D eigenvalue weighted by molar-refractivity contribution is 0.408. The van der Waals surface area contributed by atoms with Crippen LogP contribution in [0, 0.1) is 13.8 Å². The Morgan fingerprint density at radius 1 is 1.03 bits per heavy atom. The van der Waals surface area contributed by atoms with Gasteiger partial charge in [-0.25, -0.2) is 19.2 Å². The third kappa shape index (κ3) is 2.68. The molecule has 0 fully saturated rings. The smallest absolute Gasteiger partial charge is 0.185 e. The average Bonchev–Trinajstić information content (AvgIpc) is 3.31. The predicted octanol–water partition coefficient (Wildman–Crippen LogP) is 3.46.